The van der Waals surface area contributed by atoms with Crippen LogP contribution in [0.1, 0.15) is 52.6 Å². The van der Waals surface area contributed by atoms with Crippen molar-refractivity contribution in [3.05, 3.63) is 63.1 Å². The number of carbonyl (C=O) groups excluding carboxylic acids is 2. The molecule has 174 valence electrons. The molecule has 8 nitrogen and oxygen atoms in total. The van der Waals surface area contributed by atoms with Crippen LogP contribution in [0.25, 0.3) is 0 Å². The van der Waals surface area contributed by atoms with Gasteiger partial charge < -0.3 is 19.9 Å². The number of carbonyl (C=O) groups is 2. The summed E-state index contributed by atoms with van der Waals surface area (Å²) in [6.45, 7) is 2.87. The second-order valence-corrected chi connectivity index (χ2v) is 8.94. The molecule has 2 amide bonds. The van der Waals surface area contributed by atoms with Gasteiger partial charge in [-0.05, 0) is 32.3 Å². The van der Waals surface area contributed by atoms with Crippen molar-refractivity contribution in [3.63, 3.8) is 0 Å². The molecule has 2 fully saturated rings. The number of rotatable bonds is 4. The molecule has 5 rings (SSSR count). The fraction of sp³-hybridized carbons (Fsp3) is 0.435. The fourth-order valence-corrected chi connectivity index (χ4v) is 4.85. The van der Waals surface area contributed by atoms with Crippen molar-refractivity contribution in [3.8, 4) is 5.75 Å². The lowest BCUT2D eigenvalue weighted by molar-refractivity contribution is -0.0362. The van der Waals surface area contributed by atoms with Crippen molar-refractivity contribution < 1.29 is 23.5 Å². The minimum absolute atomic E-state index is 0.0330. The van der Waals surface area contributed by atoms with E-state index in [4.69, 9.17) is 0 Å². The topological polar surface area (TPSA) is 94.9 Å². The highest BCUT2D eigenvalue weighted by atomic mass is 19.1. The number of hydrogen-bond acceptors (Lipinski definition) is 5. The Morgan fingerprint density at radius 3 is 2.67 bits per heavy atom. The second kappa shape index (κ2) is 7.95. The number of fused-ring (bicyclic) bond motifs is 2. The summed E-state index contributed by atoms with van der Waals surface area (Å²) < 4.78 is 28.4. The number of amides is 2. The van der Waals surface area contributed by atoms with Gasteiger partial charge >= 0.3 is 0 Å². The van der Waals surface area contributed by atoms with E-state index in [1.54, 1.807) is 4.90 Å². The largest absolute Gasteiger partial charge is 0.503 e. The number of benzene rings is 1. The third-order valence-corrected chi connectivity index (χ3v) is 6.75. The maximum Gasteiger partial charge on any atom is 0.276 e. The molecule has 1 aromatic carbocycles. The van der Waals surface area contributed by atoms with Crippen LogP contribution in [0.15, 0.2) is 29.2 Å². The summed E-state index contributed by atoms with van der Waals surface area (Å²) in [5.74, 6) is -3.58. The molecule has 1 aromatic heterocycles. The van der Waals surface area contributed by atoms with Crippen molar-refractivity contribution in [1.82, 2.24) is 19.7 Å². The van der Waals surface area contributed by atoms with Gasteiger partial charge in [0.15, 0.2) is 11.4 Å². The average molecular weight is 458 g/mol. The van der Waals surface area contributed by atoms with E-state index in [2.05, 4.69) is 10.2 Å². The molecule has 1 saturated heterocycles. The summed E-state index contributed by atoms with van der Waals surface area (Å²) in [4.78, 5) is 42.8. The molecule has 2 unspecified atom stereocenters. The molecule has 2 aromatic rings. The number of pyridine rings is 1. The maximum atomic E-state index is 13.9. The van der Waals surface area contributed by atoms with Crippen molar-refractivity contribution in [2.24, 2.45) is 0 Å². The van der Waals surface area contributed by atoms with Crippen LogP contribution in [-0.4, -0.2) is 56.1 Å². The molecule has 0 radical (unpaired) electrons. The molecule has 2 aliphatic heterocycles. The van der Waals surface area contributed by atoms with Gasteiger partial charge in [-0.1, -0.05) is 6.07 Å². The Kier molecular flexibility index (Phi) is 5.19. The lowest BCUT2D eigenvalue weighted by atomic mass is 10.0. The number of halogens is 2. The normalized spacial score (nSPS) is 22.6. The van der Waals surface area contributed by atoms with Crippen LogP contribution in [0.4, 0.5) is 8.78 Å². The van der Waals surface area contributed by atoms with Crippen LogP contribution < -0.4 is 10.7 Å². The number of nitrogens with zero attached hydrogens (tertiary/aromatic N) is 3. The van der Waals surface area contributed by atoms with Crippen LogP contribution in [0, 0.1) is 11.6 Å². The molecule has 0 bridgehead atoms. The van der Waals surface area contributed by atoms with Gasteiger partial charge in [-0.3, -0.25) is 19.3 Å². The van der Waals surface area contributed by atoms with E-state index in [0.29, 0.717) is 18.7 Å². The minimum atomic E-state index is -0.964. The summed E-state index contributed by atoms with van der Waals surface area (Å²) >= 11 is 0. The first-order valence-corrected chi connectivity index (χ1v) is 11.0. The number of aromatic hydroxyl groups is 1. The van der Waals surface area contributed by atoms with Crippen LogP contribution in [0.2, 0.25) is 0 Å². The third-order valence-electron chi connectivity index (χ3n) is 6.75. The smallest absolute Gasteiger partial charge is 0.276 e. The molecule has 1 saturated carbocycles. The van der Waals surface area contributed by atoms with Gasteiger partial charge in [0.05, 0.1) is 6.54 Å². The average Bonchev–Trinajstić information content (AvgIpc) is 3.60. The SMILES string of the molecule is CC1CCN(C2CC2)C2Cn3cc(C(=O)NCc4ccc(F)cc4F)c(=O)c(O)c3C(=O)N12. The molecule has 0 spiro atoms. The van der Waals surface area contributed by atoms with Crippen molar-refractivity contribution in [2.75, 3.05) is 6.54 Å². The molecular formula is C23H24F2N4O4. The van der Waals surface area contributed by atoms with Gasteiger partial charge in [-0.15, -0.1) is 0 Å². The first-order chi connectivity index (χ1) is 15.8. The molecule has 2 N–H and O–H groups in total. The van der Waals surface area contributed by atoms with E-state index >= 15 is 0 Å². The predicted octanol–water partition coefficient (Wildman–Crippen LogP) is 1.80. The zero-order chi connectivity index (χ0) is 23.4. The Balaban J connectivity index is 1.45. The van der Waals surface area contributed by atoms with E-state index in [1.807, 2.05) is 6.92 Å². The first kappa shape index (κ1) is 21.6. The van der Waals surface area contributed by atoms with Gasteiger partial charge in [0.2, 0.25) is 5.43 Å². The zero-order valence-electron chi connectivity index (χ0n) is 18.1. The number of hydrogen-bond donors (Lipinski definition) is 2. The summed E-state index contributed by atoms with van der Waals surface area (Å²) in [5.41, 5.74) is -1.38. The van der Waals surface area contributed by atoms with Gasteiger partial charge in [-0.25, -0.2) is 8.78 Å². The Hall–Kier alpha value is -3.27. The Bertz CT molecular complexity index is 1210. The van der Waals surface area contributed by atoms with Crippen molar-refractivity contribution in [2.45, 2.75) is 57.5 Å². The highest BCUT2D eigenvalue weighted by Gasteiger charge is 2.47. The van der Waals surface area contributed by atoms with Gasteiger partial charge in [0.25, 0.3) is 11.8 Å². The maximum absolute atomic E-state index is 13.9. The van der Waals surface area contributed by atoms with Gasteiger partial charge in [0, 0.05) is 43.0 Å². The molecular weight excluding hydrogens is 434 g/mol. The molecule has 2 atom stereocenters. The standard InChI is InChI=1S/C23H24F2N4O4/c1-12-6-7-28(15-4-5-15)18-11-27-10-16(20(30)21(31)19(27)23(33)29(12)18)22(32)26-9-13-2-3-14(24)8-17(13)25/h2-3,8,10,12,15,18,31H,4-7,9,11H2,1H3,(H,26,32). The first-order valence-electron chi connectivity index (χ1n) is 11.0. The van der Waals surface area contributed by atoms with Crippen molar-refractivity contribution >= 4 is 11.8 Å². The summed E-state index contributed by atoms with van der Waals surface area (Å²) in [6, 6.07) is 3.36. The molecule has 3 aliphatic rings. The fourth-order valence-electron chi connectivity index (χ4n) is 4.85. The highest BCUT2D eigenvalue weighted by molar-refractivity contribution is 5.99. The van der Waals surface area contributed by atoms with Crippen LogP contribution in [-0.2, 0) is 13.1 Å². The van der Waals surface area contributed by atoms with E-state index in [9.17, 15) is 28.3 Å². The zero-order valence-corrected chi connectivity index (χ0v) is 18.1. The molecule has 33 heavy (non-hydrogen) atoms. The summed E-state index contributed by atoms with van der Waals surface area (Å²) in [5, 5.41) is 13.0. The Morgan fingerprint density at radius 1 is 1.21 bits per heavy atom. The van der Waals surface area contributed by atoms with E-state index < -0.39 is 34.6 Å². The second-order valence-electron chi connectivity index (χ2n) is 8.94. The van der Waals surface area contributed by atoms with E-state index in [1.165, 1.54) is 16.8 Å². The molecule has 10 heteroatoms. The number of nitrogens with one attached hydrogen (secondary N) is 1. The predicted molar refractivity (Wildman–Crippen MR) is 114 cm³/mol. The summed E-state index contributed by atoms with van der Waals surface area (Å²) in [6.07, 6.45) is 4.02. The Morgan fingerprint density at radius 2 is 1.97 bits per heavy atom. The van der Waals surface area contributed by atoms with Gasteiger partial charge in [0.1, 0.15) is 23.4 Å². The lowest BCUT2D eigenvalue weighted by Gasteiger charge is -2.50. The lowest BCUT2D eigenvalue weighted by Crippen LogP contribution is -2.64. The van der Waals surface area contributed by atoms with Crippen LogP contribution in [0.3, 0.4) is 0 Å². The molecule has 3 heterocycles. The Labute approximate surface area is 188 Å². The minimum Gasteiger partial charge on any atom is -0.503 e. The summed E-state index contributed by atoms with van der Waals surface area (Å²) in [7, 11) is 0. The van der Waals surface area contributed by atoms with E-state index in [0.717, 1.165) is 31.9 Å². The van der Waals surface area contributed by atoms with Gasteiger partial charge in [-0.2, -0.15) is 0 Å². The third kappa shape index (κ3) is 3.68. The van der Waals surface area contributed by atoms with Crippen LogP contribution >= 0.6 is 0 Å². The van der Waals surface area contributed by atoms with Crippen molar-refractivity contribution in [1.29, 1.82) is 0 Å². The van der Waals surface area contributed by atoms with E-state index in [-0.39, 0.29) is 35.6 Å². The molecule has 1 aliphatic carbocycles. The number of aromatic nitrogens is 1. The highest BCUT2D eigenvalue weighted by Crippen LogP contribution is 2.37. The van der Waals surface area contributed by atoms with Crippen LogP contribution in [0.5, 0.6) is 5.75 Å². The quantitative estimate of drug-likeness (QED) is 0.729. The monoisotopic (exact) mass is 458 g/mol.